The smallest absolute Gasteiger partial charge is 0.337 e. The summed E-state index contributed by atoms with van der Waals surface area (Å²) in [4.78, 5) is 23.0. The molecule has 26 heavy (non-hydrogen) atoms. The van der Waals surface area contributed by atoms with Crippen molar-refractivity contribution in [3.8, 4) is 5.75 Å². The summed E-state index contributed by atoms with van der Waals surface area (Å²) in [5.41, 5.74) is 1.95. The van der Waals surface area contributed by atoms with Crippen LogP contribution in [0.2, 0.25) is 0 Å². The molecule has 0 aliphatic rings. The van der Waals surface area contributed by atoms with Crippen molar-refractivity contribution in [3.05, 3.63) is 53.6 Å². The van der Waals surface area contributed by atoms with Crippen LogP contribution >= 0.6 is 0 Å². The maximum absolute atomic E-state index is 11.5. The second-order valence-corrected chi connectivity index (χ2v) is 5.80. The summed E-state index contributed by atoms with van der Waals surface area (Å²) in [6.07, 6.45) is 1.28. The summed E-state index contributed by atoms with van der Waals surface area (Å²) >= 11 is 0. The molecule has 2 aromatic rings. The number of nitrogens with one attached hydrogen (secondary N) is 2. The molecule has 0 aliphatic carbocycles. The Kier molecular flexibility index (Phi) is 7.02. The molecule has 2 aromatic carbocycles. The van der Waals surface area contributed by atoms with E-state index in [0.29, 0.717) is 11.3 Å². The third-order valence-electron chi connectivity index (χ3n) is 3.76. The number of carboxylic acid groups (broad SMARTS) is 1. The van der Waals surface area contributed by atoms with Crippen molar-refractivity contribution in [1.29, 1.82) is 0 Å². The molecule has 0 aliphatic heterocycles. The molecule has 0 bridgehead atoms. The lowest BCUT2D eigenvalue weighted by molar-refractivity contribution is -0.115. The van der Waals surface area contributed by atoms with Gasteiger partial charge in [-0.2, -0.15) is 0 Å². The van der Waals surface area contributed by atoms with Crippen molar-refractivity contribution in [2.24, 2.45) is 0 Å². The maximum atomic E-state index is 11.5. The molecule has 0 radical (unpaired) electrons. The minimum absolute atomic E-state index is 0.0466. The average Bonchev–Trinajstić information content (AvgIpc) is 2.65. The van der Waals surface area contributed by atoms with E-state index in [1.807, 2.05) is 24.3 Å². The van der Waals surface area contributed by atoms with E-state index in [2.05, 4.69) is 17.6 Å². The third-order valence-corrected chi connectivity index (χ3v) is 3.76. The first-order valence-corrected chi connectivity index (χ1v) is 8.66. The van der Waals surface area contributed by atoms with Gasteiger partial charge in [0.1, 0.15) is 12.4 Å². The highest BCUT2D eigenvalue weighted by Gasteiger charge is 2.13. The van der Waals surface area contributed by atoms with E-state index in [0.717, 1.165) is 18.7 Å². The average molecular weight is 356 g/mol. The van der Waals surface area contributed by atoms with E-state index < -0.39 is 5.97 Å². The second kappa shape index (κ2) is 9.46. The molecule has 6 heteroatoms. The van der Waals surface area contributed by atoms with Crippen molar-refractivity contribution < 1.29 is 19.4 Å². The van der Waals surface area contributed by atoms with E-state index in [1.165, 1.54) is 6.07 Å². The fourth-order valence-electron chi connectivity index (χ4n) is 2.37. The van der Waals surface area contributed by atoms with Gasteiger partial charge >= 0.3 is 5.97 Å². The van der Waals surface area contributed by atoms with E-state index in [1.54, 1.807) is 19.1 Å². The number of ether oxygens (including phenoxy) is 1. The Morgan fingerprint density at radius 2 is 1.85 bits per heavy atom. The summed E-state index contributed by atoms with van der Waals surface area (Å²) in [7, 11) is 0. The van der Waals surface area contributed by atoms with Crippen LogP contribution in [0.5, 0.6) is 5.75 Å². The van der Waals surface area contributed by atoms with Gasteiger partial charge in [0.2, 0.25) is 5.91 Å². The van der Waals surface area contributed by atoms with Crippen molar-refractivity contribution in [2.75, 3.05) is 17.2 Å². The molecule has 2 rings (SSSR count). The number of para-hydroxylation sites is 2. The maximum Gasteiger partial charge on any atom is 0.337 e. The Balaban J connectivity index is 2.14. The molecule has 0 aromatic heterocycles. The Bertz CT molecular complexity index is 774. The van der Waals surface area contributed by atoms with Gasteiger partial charge in [-0.05, 0) is 36.2 Å². The molecular weight excluding hydrogens is 332 g/mol. The zero-order valence-electron chi connectivity index (χ0n) is 15.0. The molecular formula is C20H24N2O4. The predicted molar refractivity (Wildman–Crippen MR) is 102 cm³/mol. The van der Waals surface area contributed by atoms with Crippen LogP contribution in [0.3, 0.4) is 0 Å². The summed E-state index contributed by atoms with van der Waals surface area (Å²) in [5, 5.41) is 15.3. The molecule has 0 heterocycles. The van der Waals surface area contributed by atoms with Crippen LogP contribution in [0.1, 0.15) is 42.6 Å². The number of benzene rings is 2. The number of hydrogen-bond acceptors (Lipinski definition) is 4. The van der Waals surface area contributed by atoms with E-state index in [4.69, 9.17) is 4.74 Å². The fourth-order valence-corrected chi connectivity index (χ4v) is 2.37. The van der Waals surface area contributed by atoms with Crippen molar-refractivity contribution in [1.82, 2.24) is 0 Å². The zero-order valence-corrected chi connectivity index (χ0v) is 15.0. The molecule has 6 nitrogen and oxygen atoms in total. The number of anilines is 2. The Morgan fingerprint density at radius 1 is 1.08 bits per heavy atom. The summed E-state index contributed by atoms with van der Waals surface area (Å²) in [5.74, 6) is -0.614. The molecule has 3 N–H and O–H groups in total. The highest BCUT2D eigenvalue weighted by Crippen LogP contribution is 2.25. The van der Waals surface area contributed by atoms with Gasteiger partial charge in [-0.1, -0.05) is 32.0 Å². The Hall–Kier alpha value is -3.02. The standard InChI is InChI=1S/C20H24N2O4/c1-3-11-21-17-7-5-6-8-18(17)26-13-14-9-10-16(22-19(23)4-2)15(12-14)20(24)25/h5-10,12,21H,3-4,11,13H2,1-2H3,(H,22,23)(H,24,25). The first-order chi connectivity index (χ1) is 12.5. The Morgan fingerprint density at radius 3 is 2.54 bits per heavy atom. The second-order valence-electron chi connectivity index (χ2n) is 5.80. The number of rotatable bonds is 9. The highest BCUT2D eigenvalue weighted by molar-refractivity contribution is 6.00. The number of hydrogen-bond donors (Lipinski definition) is 3. The Labute approximate surface area is 153 Å². The third kappa shape index (κ3) is 5.24. The molecule has 0 spiro atoms. The molecule has 0 unspecified atom stereocenters. The molecule has 1 amide bonds. The monoisotopic (exact) mass is 356 g/mol. The normalized spacial score (nSPS) is 10.2. The number of carbonyl (C=O) groups is 2. The highest BCUT2D eigenvalue weighted by atomic mass is 16.5. The fraction of sp³-hybridized carbons (Fsp3) is 0.300. The SMILES string of the molecule is CCCNc1ccccc1OCc1ccc(NC(=O)CC)c(C(=O)O)c1. The van der Waals surface area contributed by atoms with Gasteiger partial charge in [0.25, 0.3) is 0 Å². The lowest BCUT2D eigenvalue weighted by Crippen LogP contribution is -2.13. The number of aromatic carboxylic acids is 1. The molecule has 0 saturated carbocycles. The molecule has 0 atom stereocenters. The summed E-state index contributed by atoms with van der Waals surface area (Å²) < 4.78 is 5.85. The topological polar surface area (TPSA) is 87.7 Å². The van der Waals surface area contributed by atoms with Crippen molar-refractivity contribution >= 4 is 23.3 Å². The summed E-state index contributed by atoms with van der Waals surface area (Å²) in [6, 6.07) is 12.5. The van der Waals surface area contributed by atoms with E-state index in [-0.39, 0.29) is 30.2 Å². The van der Waals surface area contributed by atoms with Gasteiger partial charge in [0.15, 0.2) is 0 Å². The van der Waals surface area contributed by atoms with Gasteiger partial charge in [0.05, 0.1) is 16.9 Å². The minimum Gasteiger partial charge on any atom is -0.487 e. The van der Waals surface area contributed by atoms with E-state index in [9.17, 15) is 14.7 Å². The van der Waals surface area contributed by atoms with Gasteiger partial charge in [-0.15, -0.1) is 0 Å². The lowest BCUT2D eigenvalue weighted by Gasteiger charge is -2.14. The van der Waals surface area contributed by atoms with Gasteiger partial charge in [0, 0.05) is 13.0 Å². The first kappa shape index (κ1) is 19.3. The van der Waals surface area contributed by atoms with Gasteiger partial charge in [-0.25, -0.2) is 4.79 Å². The van der Waals surface area contributed by atoms with Gasteiger partial charge < -0.3 is 20.5 Å². The quantitative estimate of drug-likeness (QED) is 0.629. The largest absolute Gasteiger partial charge is 0.487 e. The number of amides is 1. The first-order valence-electron chi connectivity index (χ1n) is 8.66. The van der Waals surface area contributed by atoms with Crippen LogP contribution in [0.15, 0.2) is 42.5 Å². The molecule has 138 valence electrons. The molecule has 0 fully saturated rings. The van der Waals surface area contributed by atoms with Crippen LogP contribution in [0, 0.1) is 0 Å². The van der Waals surface area contributed by atoms with Gasteiger partial charge in [-0.3, -0.25) is 4.79 Å². The van der Waals surface area contributed by atoms with Crippen LogP contribution in [-0.4, -0.2) is 23.5 Å². The lowest BCUT2D eigenvalue weighted by atomic mass is 10.1. The van der Waals surface area contributed by atoms with Crippen LogP contribution in [0.4, 0.5) is 11.4 Å². The zero-order chi connectivity index (χ0) is 18.9. The van der Waals surface area contributed by atoms with Crippen LogP contribution in [-0.2, 0) is 11.4 Å². The van der Waals surface area contributed by atoms with Crippen LogP contribution < -0.4 is 15.4 Å². The molecule has 0 saturated heterocycles. The van der Waals surface area contributed by atoms with Crippen LogP contribution in [0.25, 0.3) is 0 Å². The number of carboxylic acids is 1. The number of carbonyl (C=O) groups excluding carboxylic acids is 1. The summed E-state index contributed by atoms with van der Waals surface area (Å²) in [6.45, 7) is 4.87. The minimum atomic E-state index is -1.09. The van der Waals surface area contributed by atoms with E-state index >= 15 is 0 Å². The predicted octanol–water partition coefficient (Wildman–Crippen LogP) is 4.13. The van der Waals surface area contributed by atoms with Crippen molar-refractivity contribution in [2.45, 2.75) is 33.3 Å². The van der Waals surface area contributed by atoms with Crippen molar-refractivity contribution in [3.63, 3.8) is 0 Å².